The van der Waals surface area contributed by atoms with E-state index in [9.17, 15) is 4.79 Å². The van der Waals surface area contributed by atoms with E-state index in [1.165, 1.54) is 35.1 Å². The molecule has 2 nitrogen and oxygen atoms in total. The number of hydrogen-bond acceptors (Lipinski definition) is 3. The van der Waals surface area contributed by atoms with Crippen LogP contribution in [0.2, 0.25) is 0 Å². The van der Waals surface area contributed by atoms with Crippen LogP contribution in [0.3, 0.4) is 0 Å². The number of aryl methyl sites for hydroxylation is 1. The van der Waals surface area contributed by atoms with Gasteiger partial charge in [0.05, 0.1) is 6.42 Å². The van der Waals surface area contributed by atoms with Gasteiger partial charge >= 0.3 is 0 Å². The van der Waals surface area contributed by atoms with Crippen molar-refractivity contribution in [3.05, 3.63) is 46.2 Å². The molecule has 22 heavy (non-hydrogen) atoms. The fourth-order valence-electron chi connectivity index (χ4n) is 3.47. The number of ether oxygens (including phenoxy) is 1. The van der Waals surface area contributed by atoms with E-state index < -0.39 is 0 Å². The summed E-state index contributed by atoms with van der Waals surface area (Å²) in [6, 6.07) is 4.26. The molecule has 4 rings (SSSR count). The number of carbonyl (C=O) groups excluding carboxylic acids is 1. The van der Waals surface area contributed by atoms with E-state index in [-0.39, 0.29) is 5.78 Å². The predicted molar refractivity (Wildman–Crippen MR) is 89.5 cm³/mol. The van der Waals surface area contributed by atoms with Gasteiger partial charge in [0.1, 0.15) is 11.5 Å². The van der Waals surface area contributed by atoms with Gasteiger partial charge in [-0.1, -0.05) is 13.3 Å². The minimum atomic E-state index is 0.184. The number of thiol groups is 1. The van der Waals surface area contributed by atoms with Gasteiger partial charge < -0.3 is 4.74 Å². The maximum absolute atomic E-state index is 12.0. The number of rotatable bonds is 3. The molecule has 1 fully saturated rings. The van der Waals surface area contributed by atoms with Crippen molar-refractivity contribution in [2.24, 2.45) is 5.92 Å². The lowest BCUT2D eigenvalue weighted by molar-refractivity contribution is -0.114. The number of carbonyl (C=O) groups is 1. The maximum atomic E-state index is 12.0. The highest BCUT2D eigenvalue weighted by molar-refractivity contribution is 7.80. The Balaban J connectivity index is 1.72. The van der Waals surface area contributed by atoms with Crippen LogP contribution in [-0.4, -0.2) is 5.78 Å². The third-order valence-electron chi connectivity index (χ3n) is 4.73. The minimum Gasteiger partial charge on any atom is -0.461 e. The predicted octanol–water partition coefficient (Wildman–Crippen LogP) is 4.43. The summed E-state index contributed by atoms with van der Waals surface area (Å²) in [5.74, 6) is 2.57. The van der Waals surface area contributed by atoms with Gasteiger partial charge in [-0.15, -0.1) is 12.6 Å². The Hall–Kier alpha value is -1.48. The van der Waals surface area contributed by atoms with Gasteiger partial charge in [-0.3, -0.25) is 4.79 Å². The number of fused-ring (bicyclic) bond motifs is 1. The van der Waals surface area contributed by atoms with Gasteiger partial charge in [0.2, 0.25) is 0 Å². The molecule has 0 bridgehead atoms. The van der Waals surface area contributed by atoms with E-state index in [2.05, 4.69) is 31.7 Å². The normalized spacial score (nSPS) is 20.3. The highest BCUT2D eigenvalue weighted by Crippen LogP contribution is 2.47. The first kappa shape index (κ1) is 14.1. The molecule has 114 valence electrons. The largest absolute Gasteiger partial charge is 0.461 e. The zero-order valence-corrected chi connectivity index (χ0v) is 13.7. The van der Waals surface area contributed by atoms with Crippen molar-refractivity contribution >= 4 is 18.4 Å². The first-order valence-corrected chi connectivity index (χ1v) is 8.60. The summed E-state index contributed by atoms with van der Waals surface area (Å²) < 4.78 is 6.14. The highest BCUT2D eigenvalue weighted by atomic mass is 32.1. The van der Waals surface area contributed by atoms with Gasteiger partial charge in [-0.2, -0.15) is 0 Å². The van der Waals surface area contributed by atoms with E-state index in [4.69, 9.17) is 4.74 Å². The molecule has 1 aromatic carbocycles. The second-order valence-electron chi connectivity index (χ2n) is 6.54. The Labute approximate surface area is 136 Å². The summed E-state index contributed by atoms with van der Waals surface area (Å²) >= 11 is 4.63. The van der Waals surface area contributed by atoms with Crippen molar-refractivity contribution < 1.29 is 9.53 Å². The Morgan fingerprint density at radius 1 is 1.27 bits per heavy atom. The third-order valence-corrected chi connectivity index (χ3v) is 5.15. The van der Waals surface area contributed by atoms with Crippen LogP contribution < -0.4 is 4.74 Å². The minimum absolute atomic E-state index is 0.184. The molecular formula is C19H20O2S. The SMILES string of the molecule is CCCc1cc2c(cc1S)CC1=C(CC(=O)C=C1C1CC1)O2. The van der Waals surface area contributed by atoms with Crippen LogP contribution >= 0.6 is 12.6 Å². The molecule has 1 aromatic rings. The summed E-state index contributed by atoms with van der Waals surface area (Å²) in [4.78, 5) is 13.0. The van der Waals surface area contributed by atoms with Crippen LogP contribution in [0.5, 0.6) is 5.75 Å². The Morgan fingerprint density at radius 2 is 2.09 bits per heavy atom. The molecule has 0 atom stereocenters. The average molecular weight is 312 g/mol. The van der Waals surface area contributed by atoms with Crippen LogP contribution in [0.25, 0.3) is 0 Å². The molecule has 1 aliphatic heterocycles. The summed E-state index contributed by atoms with van der Waals surface area (Å²) in [6.45, 7) is 2.17. The maximum Gasteiger partial charge on any atom is 0.163 e. The average Bonchev–Trinajstić information content (AvgIpc) is 3.30. The van der Waals surface area contributed by atoms with E-state index in [0.717, 1.165) is 35.7 Å². The lowest BCUT2D eigenvalue weighted by atomic mass is 9.86. The van der Waals surface area contributed by atoms with Gasteiger partial charge in [0.25, 0.3) is 0 Å². The van der Waals surface area contributed by atoms with Crippen LogP contribution in [-0.2, 0) is 17.6 Å². The second kappa shape index (κ2) is 5.31. The second-order valence-corrected chi connectivity index (χ2v) is 7.02. The smallest absolute Gasteiger partial charge is 0.163 e. The fraction of sp³-hybridized carbons (Fsp3) is 0.421. The van der Waals surface area contributed by atoms with Crippen LogP contribution in [0, 0.1) is 5.92 Å². The summed E-state index contributed by atoms with van der Waals surface area (Å²) in [5, 5.41) is 0. The van der Waals surface area contributed by atoms with Crippen LogP contribution in [0.1, 0.15) is 43.7 Å². The molecule has 0 saturated heterocycles. The lowest BCUT2D eigenvalue weighted by Gasteiger charge is -2.28. The number of hydrogen-bond donors (Lipinski definition) is 1. The van der Waals surface area contributed by atoms with E-state index in [1.807, 2.05) is 6.08 Å². The van der Waals surface area contributed by atoms with E-state index >= 15 is 0 Å². The molecule has 3 aliphatic rings. The van der Waals surface area contributed by atoms with Crippen LogP contribution in [0.4, 0.5) is 0 Å². The number of benzene rings is 1. The number of allylic oxidation sites excluding steroid dienone is 4. The molecular weight excluding hydrogens is 292 g/mol. The molecule has 0 aromatic heterocycles. The molecule has 2 aliphatic carbocycles. The fourth-order valence-corrected chi connectivity index (χ4v) is 3.81. The topological polar surface area (TPSA) is 26.3 Å². The quantitative estimate of drug-likeness (QED) is 0.836. The van der Waals surface area contributed by atoms with Crippen molar-refractivity contribution in [3.63, 3.8) is 0 Å². The monoisotopic (exact) mass is 312 g/mol. The summed E-state index contributed by atoms with van der Waals surface area (Å²) in [5.41, 5.74) is 4.92. The molecule has 3 heteroatoms. The summed E-state index contributed by atoms with van der Waals surface area (Å²) in [7, 11) is 0. The Bertz CT molecular complexity index is 723. The molecule has 0 spiro atoms. The van der Waals surface area contributed by atoms with E-state index in [0.29, 0.717) is 12.3 Å². The van der Waals surface area contributed by atoms with Crippen molar-refractivity contribution in [2.75, 3.05) is 0 Å². The molecule has 0 amide bonds. The van der Waals surface area contributed by atoms with Crippen molar-refractivity contribution in [1.82, 2.24) is 0 Å². The first-order valence-electron chi connectivity index (χ1n) is 8.15. The molecule has 1 heterocycles. The van der Waals surface area contributed by atoms with Gasteiger partial charge in [-0.05, 0) is 60.1 Å². The Kier molecular flexibility index (Phi) is 3.41. The van der Waals surface area contributed by atoms with E-state index in [1.54, 1.807) is 0 Å². The molecule has 0 unspecified atom stereocenters. The third kappa shape index (κ3) is 2.41. The van der Waals surface area contributed by atoms with Gasteiger partial charge in [0, 0.05) is 16.9 Å². The van der Waals surface area contributed by atoms with Gasteiger partial charge in [0.15, 0.2) is 5.78 Å². The van der Waals surface area contributed by atoms with Crippen LogP contribution in [0.15, 0.2) is 40.0 Å². The lowest BCUT2D eigenvalue weighted by Crippen LogP contribution is -2.19. The number of ketones is 1. The zero-order valence-electron chi connectivity index (χ0n) is 12.8. The Morgan fingerprint density at radius 3 is 2.82 bits per heavy atom. The highest BCUT2D eigenvalue weighted by Gasteiger charge is 2.35. The zero-order chi connectivity index (χ0) is 15.3. The molecule has 0 radical (unpaired) electrons. The van der Waals surface area contributed by atoms with Gasteiger partial charge in [-0.25, -0.2) is 0 Å². The first-order chi connectivity index (χ1) is 10.7. The summed E-state index contributed by atoms with van der Waals surface area (Å²) in [6.07, 6.45) is 7.65. The van der Waals surface area contributed by atoms with Crippen molar-refractivity contribution in [3.8, 4) is 5.75 Å². The standard InChI is InChI=1S/C19H20O2S/c1-2-3-12-7-17-13(8-19(12)22)6-16-15(11-4-5-11)9-14(20)10-18(16)21-17/h7-9,11,22H,2-6,10H2,1H3. The molecule has 1 saturated carbocycles. The van der Waals surface area contributed by atoms with Crippen molar-refractivity contribution in [1.29, 1.82) is 0 Å². The molecule has 0 N–H and O–H groups in total. The van der Waals surface area contributed by atoms with Crippen molar-refractivity contribution in [2.45, 2.75) is 50.3 Å².